The Morgan fingerprint density at radius 3 is 2.90 bits per heavy atom. The number of amides is 2. The molecule has 0 aromatic rings. The summed E-state index contributed by atoms with van der Waals surface area (Å²) in [5.74, 6) is -0.551. The number of carboxylic acid groups (broad SMARTS) is 1. The second-order valence-electron chi connectivity index (χ2n) is 5.04. The van der Waals surface area contributed by atoms with E-state index in [1.165, 1.54) is 16.7 Å². The van der Waals surface area contributed by atoms with Gasteiger partial charge < -0.3 is 19.9 Å². The average Bonchev–Trinajstić information content (AvgIpc) is 3.03. The van der Waals surface area contributed by atoms with E-state index >= 15 is 0 Å². The van der Waals surface area contributed by atoms with E-state index in [-0.39, 0.29) is 11.4 Å². The highest BCUT2D eigenvalue weighted by Crippen LogP contribution is 2.29. The van der Waals surface area contributed by atoms with Gasteiger partial charge in [0.25, 0.3) is 0 Å². The van der Waals surface area contributed by atoms with Crippen LogP contribution in [-0.2, 0) is 14.3 Å². The molecule has 2 rings (SSSR count). The molecule has 2 amide bonds. The van der Waals surface area contributed by atoms with Gasteiger partial charge in [-0.3, -0.25) is 4.90 Å². The van der Waals surface area contributed by atoms with Crippen LogP contribution in [0.1, 0.15) is 13.3 Å². The monoisotopic (exact) mass is 304 g/mol. The van der Waals surface area contributed by atoms with Gasteiger partial charge in [-0.05, 0) is 6.92 Å². The SMILES string of the molecule is COC1(CNC(=O)N2C(C)SCC2C(=O)O)CCOC1. The van der Waals surface area contributed by atoms with Crippen LogP contribution in [0.2, 0.25) is 0 Å². The molecule has 2 fully saturated rings. The van der Waals surface area contributed by atoms with Crippen molar-refractivity contribution in [3.05, 3.63) is 0 Å². The smallest absolute Gasteiger partial charge is 0.327 e. The number of carbonyl (C=O) groups is 2. The minimum atomic E-state index is -0.970. The predicted molar refractivity (Wildman–Crippen MR) is 73.8 cm³/mol. The van der Waals surface area contributed by atoms with E-state index in [2.05, 4.69) is 5.32 Å². The fourth-order valence-corrected chi connectivity index (χ4v) is 3.60. The molecule has 3 atom stereocenters. The molecule has 0 spiro atoms. The molecule has 2 aliphatic heterocycles. The van der Waals surface area contributed by atoms with Gasteiger partial charge in [0.15, 0.2) is 0 Å². The lowest BCUT2D eigenvalue weighted by Crippen LogP contribution is -2.53. The molecular weight excluding hydrogens is 284 g/mol. The third kappa shape index (κ3) is 3.02. The fourth-order valence-electron chi connectivity index (χ4n) is 2.43. The Hall–Kier alpha value is -0.990. The summed E-state index contributed by atoms with van der Waals surface area (Å²) in [6, 6.07) is -1.13. The van der Waals surface area contributed by atoms with Crippen molar-refractivity contribution in [1.29, 1.82) is 0 Å². The van der Waals surface area contributed by atoms with Crippen molar-refractivity contribution in [2.24, 2.45) is 0 Å². The lowest BCUT2D eigenvalue weighted by Gasteiger charge is -2.30. The molecule has 2 heterocycles. The molecule has 3 unspecified atom stereocenters. The number of methoxy groups -OCH3 is 1. The van der Waals surface area contributed by atoms with Gasteiger partial charge in [0.1, 0.15) is 11.6 Å². The van der Waals surface area contributed by atoms with Gasteiger partial charge in [0.2, 0.25) is 0 Å². The summed E-state index contributed by atoms with van der Waals surface area (Å²) >= 11 is 1.46. The Balaban J connectivity index is 1.95. The summed E-state index contributed by atoms with van der Waals surface area (Å²) in [7, 11) is 1.59. The Bertz CT molecular complexity index is 386. The first-order valence-corrected chi connectivity index (χ1v) is 7.57. The van der Waals surface area contributed by atoms with Gasteiger partial charge in [0, 0.05) is 25.9 Å². The zero-order valence-electron chi connectivity index (χ0n) is 11.6. The highest BCUT2D eigenvalue weighted by Gasteiger charge is 2.41. The molecule has 0 aliphatic carbocycles. The molecule has 7 nitrogen and oxygen atoms in total. The highest BCUT2D eigenvalue weighted by molar-refractivity contribution is 8.00. The number of hydrogen-bond donors (Lipinski definition) is 2. The predicted octanol–water partition coefficient (Wildman–Crippen LogP) is 0.350. The van der Waals surface area contributed by atoms with E-state index < -0.39 is 17.6 Å². The van der Waals surface area contributed by atoms with E-state index in [1.54, 1.807) is 7.11 Å². The Kier molecular flexibility index (Phi) is 4.77. The molecule has 0 bridgehead atoms. The van der Waals surface area contributed by atoms with Gasteiger partial charge in [-0.1, -0.05) is 0 Å². The van der Waals surface area contributed by atoms with Crippen LogP contribution in [0.4, 0.5) is 4.79 Å². The van der Waals surface area contributed by atoms with Gasteiger partial charge in [-0.2, -0.15) is 0 Å². The van der Waals surface area contributed by atoms with Crippen LogP contribution in [-0.4, -0.2) is 71.6 Å². The summed E-state index contributed by atoms with van der Waals surface area (Å²) in [4.78, 5) is 24.8. The van der Waals surface area contributed by atoms with E-state index in [9.17, 15) is 9.59 Å². The molecule has 20 heavy (non-hydrogen) atoms. The summed E-state index contributed by atoms with van der Waals surface area (Å²) < 4.78 is 10.7. The molecule has 2 saturated heterocycles. The van der Waals surface area contributed by atoms with Crippen LogP contribution in [0.15, 0.2) is 0 Å². The van der Waals surface area contributed by atoms with E-state index in [0.717, 1.165) is 6.42 Å². The first kappa shape index (κ1) is 15.4. The number of carboxylic acids is 1. The highest BCUT2D eigenvalue weighted by atomic mass is 32.2. The molecular formula is C12H20N2O5S. The molecule has 2 N–H and O–H groups in total. The number of urea groups is 1. The van der Waals surface area contributed by atoms with E-state index in [0.29, 0.717) is 25.5 Å². The Labute approximate surface area is 122 Å². The average molecular weight is 304 g/mol. The first-order valence-electron chi connectivity index (χ1n) is 6.52. The number of ether oxygens (including phenoxy) is 2. The Morgan fingerprint density at radius 1 is 1.60 bits per heavy atom. The lowest BCUT2D eigenvalue weighted by molar-refractivity contribution is -0.141. The maximum atomic E-state index is 12.2. The first-order chi connectivity index (χ1) is 9.49. The van der Waals surface area contributed by atoms with Crippen molar-refractivity contribution in [3.8, 4) is 0 Å². The zero-order valence-corrected chi connectivity index (χ0v) is 12.4. The Morgan fingerprint density at radius 2 is 2.35 bits per heavy atom. The molecule has 0 saturated carbocycles. The summed E-state index contributed by atoms with van der Waals surface area (Å²) in [5.41, 5.74) is -0.496. The van der Waals surface area contributed by atoms with Crippen molar-refractivity contribution in [2.75, 3.05) is 32.6 Å². The van der Waals surface area contributed by atoms with E-state index in [1.807, 2.05) is 6.92 Å². The van der Waals surface area contributed by atoms with Crippen LogP contribution in [0.3, 0.4) is 0 Å². The summed E-state index contributed by atoms with van der Waals surface area (Å²) in [6.45, 7) is 3.20. The maximum absolute atomic E-state index is 12.2. The van der Waals surface area contributed by atoms with Crippen LogP contribution in [0, 0.1) is 0 Å². The molecule has 2 aliphatic rings. The molecule has 0 radical (unpaired) electrons. The normalized spacial score (nSPS) is 33.4. The van der Waals surface area contributed by atoms with Crippen molar-refractivity contribution in [1.82, 2.24) is 10.2 Å². The topological polar surface area (TPSA) is 88.1 Å². The molecule has 0 aromatic carbocycles. The van der Waals surface area contributed by atoms with Crippen molar-refractivity contribution < 1.29 is 24.2 Å². The number of nitrogens with one attached hydrogen (secondary N) is 1. The third-order valence-electron chi connectivity index (χ3n) is 3.80. The zero-order chi connectivity index (χ0) is 14.8. The number of carbonyl (C=O) groups excluding carboxylic acids is 1. The van der Waals surface area contributed by atoms with Crippen molar-refractivity contribution >= 4 is 23.8 Å². The van der Waals surface area contributed by atoms with Crippen molar-refractivity contribution in [2.45, 2.75) is 30.4 Å². The quantitative estimate of drug-likeness (QED) is 0.779. The summed E-state index contributed by atoms with van der Waals surface area (Å²) in [5, 5.41) is 11.8. The lowest BCUT2D eigenvalue weighted by atomic mass is 10.0. The number of aliphatic carboxylic acids is 1. The standard InChI is InChI=1S/C12H20N2O5S/c1-8-14(9(5-20-8)10(15)16)11(17)13-6-12(18-2)3-4-19-7-12/h8-9H,3-7H2,1-2H3,(H,13,17)(H,15,16). The minimum absolute atomic E-state index is 0.144. The summed E-state index contributed by atoms with van der Waals surface area (Å²) in [6.07, 6.45) is 0.719. The van der Waals surface area contributed by atoms with Gasteiger partial charge in [0.05, 0.1) is 18.5 Å². The number of nitrogens with zero attached hydrogens (tertiary/aromatic N) is 1. The maximum Gasteiger partial charge on any atom is 0.327 e. The largest absolute Gasteiger partial charge is 0.480 e. The molecule has 8 heteroatoms. The van der Waals surface area contributed by atoms with Gasteiger partial charge >= 0.3 is 12.0 Å². The number of thioether (sulfide) groups is 1. The van der Waals surface area contributed by atoms with Crippen LogP contribution in [0.25, 0.3) is 0 Å². The van der Waals surface area contributed by atoms with Crippen molar-refractivity contribution in [3.63, 3.8) is 0 Å². The van der Waals surface area contributed by atoms with Crippen LogP contribution >= 0.6 is 11.8 Å². The second-order valence-corrected chi connectivity index (χ2v) is 6.39. The third-order valence-corrected chi connectivity index (χ3v) is 5.02. The second kappa shape index (κ2) is 6.19. The van der Waals surface area contributed by atoms with E-state index in [4.69, 9.17) is 14.6 Å². The van der Waals surface area contributed by atoms with Gasteiger partial charge in [-0.15, -0.1) is 11.8 Å². The van der Waals surface area contributed by atoms with Crippen LogP contribution in [0.5, 0.6) is 0 Å². The minimum Gasteiger partial charge on any atom is -0.480 e. The molecule has 0 aromatic heterocycles. The fraction of sp³-hybridized carbons (Fsp3) is 0.833. The molecule has 114 valence electrons. The number of hydrogen-bond acceptors (Lipinski definition) is 5. The number of rotatable bonds is 4. The van der Waals surface area contributed by atoms with Crippen LogP contribution < -0.4 is 5.32 Å². The van der Waals surface area contributed by atoms with Gasteiger partial charge in [-0.25, -0.2) is 9.59 Å².